The normalized spacial score (nSPS) is 17.9. The molecule has 0 radical (unpaired) electrons. The number of amides is 2. The van der Waals surface area contributed by atoms with Gasteiger partial charge in [0, 0.05) is 69.3 Å². The average Bonchev–Trinajstić information content (AvgIpc) is 2.96. The first kappa shape index (κ1) is 27.9. The van der Waals surface area contributed by atoms with Gasteiger partial charge in [-0.05, 0) is 43.9 Å². The topological polar surface area (TPSA) is 95.9 Å². The van der Waals surface area contributed by atoms with E-state index < -0.39 is 0 Å². The van der Waals surface area contributed by atoms with E-state index >= 15 is 0 Å². The summed E-state index contributed by atoms with van der Waals surface area (Å²) in [5.74, 6) is 1.20. The van der Waals surface area contributed by atoms with E-state index in [0.29, 0.717) is 44.1 Å². The Kier molecular flexibility index (Phi) is 9.60. The fourth-order valence-corrected chi connectivity index (χ4v) is 5.63. The average molecular weight is 540 g/mol. The van der Waals surface area contributed by atoms with Crippen molar-refractivity contribution >= 4 is 35.4 Å². The number of piperazine rings is 1. The Hall–Kier alpha value is -3.14. The SMILES string of the molecule is CCOC(=O)[C@H]1CCCN(C(=O)c2ccc(CSc3nc(CC)cc(N4CCN(C(C)=O)CC4)n3)cc2)C1. The highest BCUT2D eigenvalue weighted by Gasteiger charge is 2.29. The fraction of sp³-hybridized carbons (Fsp3) is 0.536. The largest absolute Gasteiger partial charge is 0.466 e. The van der Waals surface area contributed by atoms with E-state index in [4.69, 9.17) is 14.7 Å². The van der Waals surface area contributed by atoms with Gasteiger partial charge in [0.2, 0.25) is 5.91 Å². The Morgan fingerprint density at radius 1 is 1.00 bits per heavy atom. The number of anilines is 1. The molecular formula is C28H37N5O4S. The molecule has 4 rings (SSSR count). The number of thioether (sulfide) groups is 1. The fourth-order valence-electron chi connectivity index (χ4n) is 4.81. The van der Waals surface area contributed by atoms with Crippen LogP contribution in [0.15, 0.2) is 35.5 Å². The number of aromatic nitrogens is 2. The minimum Gasteiger partial charge on any atom is -0.466 e. The van der Waals surface area contributed by atoms with Crippen molar-refractivity contribution < 1.29 is 19.1 Å². The number of likely N-dealkylation sites (tertiary alicyclic amines) is 1. The summed E-state index contributed by atoms with van der Waals surface area (Å²) in [4.78, 5) is 52.2. The lowest BCUT2D eigenvalue weighted by Gasteiger charge is -2.35. The van der Waals surface area contributed by atoms with E-state index in [1.54, 1.807) is 30.5 Å². The van der Waals surface area contributed by atoms with Crippen LogP contribution in [-0.4, -0.2) is 83.4 Å². The van der Waals surface area contributed by atoms with E-state index in [1.807, 2.05) is 35.2 Å². The van der Waals surface area contributed by atoms with Crippen LogP contribution in [0.2, 0.25) is 0 Å². The number of hydrogen-bond acceptors (Lipinski definition) is 8. The van der Waals surface area contributed by atoms with Crippen LogP contribution in [0.5, 0.6) is 0 Å². The first-order valence-electron chi connectivity index (χ1n) is 13.4. The first-order chi connectivity index (χ1) is 18.4. The summed E-state index contributed by atoms with van der Waals surface area (Å²) in [5, 5.41) is 0.729. The second kappa shape index (κ2) is 13.1. The Balaban J connectivity index is 1.35. The van der Waals surface area contributed by atoms with Crippen LogP contribution in [0, 0.1) is 5.92 Å². The molecule has 2 aromatic rings. The molecule has 2 aliphatic rings. The minimum absolute atomic E-state index is 0.0494. The van der Waals surface area contributed by atoms with Gasteiger partial charge in [0.1, 0.15) is 5.82 Å². The number of rotatable bonds is 8. The zero-order valence-corrected chi connectivity index (χ0v) is 23.3. The van der Waals surface area contributed by atoms with Gasteiger partial charge in [-0.3, -0.25) is 14.4 Å². The summed E-state index contributed by atoms with van der Waals surface area (Å²) in [6.45, 7) is 9.85. The molecule has 2 aliphatic heterocycles. The highest BCUT2D eigenvalue weighted by Crippen LogP contribution is 2.25. The van der Waals surface area contributed by atoms with Crippen molar-refractivity contribution in [2.75, 3.05) is 50.8 Å². The van der Waals surface area contributed by atoms with E-state index in [9.17, 15) is 14.4 Å². The summed E-state index contributed by atoms with van der Waals surface area (Å²) in [6, 6.07) is 9.70. The Labute approximate surface area is 228 Å². The quantitative estimate of drug-likeness (QED) is 0.286. The summed E-state index contributed by atoms with van der Waals surface area (Å²) in [5.41, 5.74) is 2.70. The molecule has 0 spiro atoms. The molecule has 1 aromatic carbocycles. The van der Waals surface area contributed by atoms with E-state index in [2.05, 4.69) is 11.8 Å². The molecule has 0 N–H and O–H groups in total. The smallest absolute Gasteiger partial charge is 0.310 e. The molecule has 0 unspecified atom stereocenters. The molecule has 204 valence electrons. The number of nitrogens with zero attached hydrogens (tertiary/aromatic N) is 5. The lowest BCUT2D eigenvalue weighted by atomic mass is 9.97. The maximum Gasteiger partial charge on any atom is 0.310 e. The second-order valence-corrected chi connectivity index (χ2v) is 10.6. The molecule has 10 heteroatoms. The molecule has 2 fully saturated rings. The van der Waals surface area contributed by atoms with Gasteiger partial charge in [-0.25, -0.2) is 9.97 Å². The molecule has 0 bridgehead atoms. The third-order valence-corrected chi connectivity index (χ3v) is 7.97. The van der Waals surface area contributed by atoms with Crippen molar-refractivity contribution in [2.24, 2.45) is 5.92 Å². The van der Waals surface area contributed by atoms with Crippen molar-refractivity contribution in [2.45, 2.75) is 50.9 Å². The molecule has 1 atom stereocenters. The minimum atomic E-state index is -0.245. The van der Waals surface area contributed by atoms with Gasteiger partial charge in [-0.15, -0.1) is 0 Å². The molecule has 3 heterocycles. The van der Waals surface area contributed by atoms with Crippen molar-refractivity contribution in [3.63, 3.8) is 0 Å². The Morgan fingerprint density at radius 3 is 2.39 bits per heavy atom. The third-order valence-electron chi connectivity index (χ3n) is 7.05. The van der Waals surface area contributed by atoms with Crippen LogP contribution >= 0.6 is 11.8 Å². The van der Waals surface area contributed by atoms with Crippen LogP contribution in [0.4, 0.5) is 5.82 Å². The molecule has 9 nitrogen and oxygen atoms in total. The first-order valence-corrected chi connectivity index (χ1v) is 14.4. The van der Waals surface area contributed by atoms with Gasteiger partial charge in [-0.1, -0.05) is 30.8 Å². The molecule has 38 heavy (non-hydrogen) atoms. The van der Waals surface area contributed by atoms with Crippen LogP contribution in [0.3, 0.4) is 0 Å². The van der Waals surface area contributed by atoms with Crippen LogP contribution < -0.4 is 4.90 Å². The lowest BCUT2D eigenvalue weighted by Crippen LogP contribution is -2.48. The highest BCUT2D eigenvalue weighted by atomic mass is 32.2. The monoisotopic (exact) mass is 539 g/mol. The highest BCUT2D eigenvalue weighted by molar-refractivity contribution is 7.98. The molecular weight excluding hydrogens is 502 g/mol. The summed E-state index contributed by atoms with van der Waals surface area (Å²) < 4.78 is 5.16. The molecule has 2 amide bonds. The number of esters is 1. The summed E-state index contributed by atoms with van der Waals surface area (Å²) in [7, 11) is 0. The van der Waals surface area contributed by atoms with Crippen molar-refractivity contribution in [3.8, 4) is 0 Å². The van der Waals surface area contributed by atoms with Gasteiger partial charge < -0.3 is 19.4 Å². The van der Waals surface area contributed by atoms with Crippen molar-refractivity contribution in [3.05, 3.63) is 47.2 Å². The zero-order valence-electron chi connectivity index (χ0n) is 22.5. The van der Waals surface area contributed by atoms with Crippen molar-refractivity contribution in [1.82, 2.24) is 19.8 Å². The number of hydrogen-bond donors (Lipinski definition) is 0. The number of aryl methyl sites for hydroxylation is 1. The van der Waals surface area contributed by atoms with Gasteiger partial charge in [0.25, 0.3) is 5.91 Å². The Bertz CT molecular complexity index is 1130. The lowest BCUT2D eigenvalue weighted by molar-refractivity contribution is -0.149. The van der Waals surface area contributed by atoms with Gasteiger partial charge in [0.05, 0.1) is 12.5 Å². The van der Waals surface area contributed by atoms with Gasteiger partial charge >= 0.3 is 5.97 Å². The van der Waals surface area contributed by atoms with E-state index in [-0.39, 0.29) is 23.7 Å². The zero-order chi connectivity index (χ0) is 27.1. The van der Waals surface area contributed by atoms with Crippen LogP contribution in [0.1, 0.15) is 55.2 Å². The molecule has 1 aromatic heterocycles. The van der Waals surface area contributed by atoms with E-state index in [0.717, 1.165) is 54.6 Å². The molecule has 0 aliphatic carbocycles. The maximum atomic E-state index is 13.1. The third kappa shape index (κ3) is 7.03. The number of carbonyl (C=O) groups is 3. The maximum absolute atomic E-state index is 13.1. The van der Waals surface area contributed by atoms with Gasteiger partial charge in [0.15, 0.2) is 5.16 Å². The van der Waals surface area contributed by atoms with Crippen LogP contribution in [0.25, 0.3) is 0 Å². The second-order valence-electron chi connectivity index (χ2n) is 9.67. The van der Waals surface area contributed by atoms with E-state index in [1.165, 1.54) is 0 Å². The molecule has 0 saturated carbocycles. The standard InChI is InChI=1S/C28H37N5O4S/c1-4-24-17-25(32-15-13-31(14-16-32)20(3)34)30-28(29-24)38-19-21-8-10-22(11-9-21)26(35)33-12-6-7-23(18-33)27(36)37-5-2/h8-11,17,23H,4-7,12-16,18-19H2,1-3H3/t23-/m0/s1. The van der Waals surface area contributed by atoms with Crippen LogP contribution in [-0.2, 0) is 26.5 Å². The number of benzene rings is 1. The predicted octanol–water partition coefficient (Wildman–Crippen LogP) is 3.42. The number of piperidine rings is 1. The Morgan fingerprint density at radius 2 is 1.74 bits per heavy atom. The number of carbonyl (C=O) groups excluding carboxylic acids is 3. The predicted molar refractivity (Wildman–Crippen MR) is 147 cm³/mol. The van der Waals surface area contributed by atoms with Crippen molar-refractivity contribution in [1.29, 1.82) is 0 Å². The molecule has 2 saturated heterocycles. The number of ether oxygens (including phenoxy) is 1. The van der Waals surface area contributed by atoms with Gasteiger partial charge in [-0.2, -0.15) is 0 Å². The summed E-state index contributed by atoms with van der Waals surface area (Å²) >= 11 is 1.58. The summed E-state index contributed by atoms with van der Waals surface area (Å²) in [6.07, 6.45) is 2.38.